The number of hydrogen-bond acceptors (Lipinski definition) is 7. The van der Waals surface area contributed by atoms with Crippen LogP contribution in [0.3, 0.4) is 0 Å². The first-order valence-electron chi connectivity index (χ1n) is 4.96. The van der Waals surface area contributed by atoms with Crippen LogP contribution in [0, 0.1) is 0 Å². The summed E-state index contributed by atoms with van der Waals surface area (Å²) in [6.45, 7) is 2.68. The number of nitrogens with one attached hydrogen (secondary N) is 1. The maximum Gasteiger partial charge on any atom is 0.322 e. The summed E-state index contributed by atoms with van der Waals surface area (Å²) in [6.07, 6.45) is 0.852. The summed E-state index contributed by atoms with van der Waals surface area (Å²) in [6, 6.07) is 0.389. The molecule has 0 spiro atoms. The van der Waals surface area contributed by atoms with Gasteiger partial charge in [0.15, 0.2) is 0 Å². The van der Waals surface area contributed by atoms with Gasteiger partial charge in [-0.3, -0.25) is 0 Å². The van der Waals surface area contributed by atoms with Crippen LogP contribution in [0.2, 0.25) is 0 Å². The summed E-state index contributed by atoms with van der Waals surface area (Å²) in [4.78, 5) is 11.8. The molecule has 7 nitrogen and oxygen atoms in total. The van der Waals surface area contributed by atoms with Gasteiger partial charge in [0.05, 0.1) is 7.11 Å². The molecule has 1 unspecified atom stereocenters. The first-order valence-corrected chi connectivity index (χ1v) is 4.96. The third-order valence-corrected chi connectivity index (χ3v) is 1.95. The molecule has 1 atom stereocenters. The largest absolute Gasteiger partial charge is 0.467 e. The Kier molecular flexibility index (Phi) is 4.71. The predicted molar refractivity (Wildman–Crippen MR) is 60.4 cm³/mol. The summed E-state index contributed by atoms with van der Waals surface area (Å²) >= 11 is 0. The van der Waals surface area contributed by atoms with Gasteiger partial charge in [-0.15, -0.1) is 0 Å². The van der Waals surface area contributed by atoms with Crippen LogP contribution in [0.25, 0.3) is 0 Å². The van der Waals surface area contributed by atoms with Crippen molar-refractivity contribution in [3.05, 3.63) is 0 Å². The zero-order valence-electron chi connectivity index (χ0n) is 9.73. The Hall–Kier alpha value is -1.63. The van der Waals surface area contributed by atoms with Gasteiger partial charge in [0.2, 0.25) is 11.9 Å². The van der Waals surface area contributed by atoms with Crippen LogP contribution in [-0.4, -0.2) is 41.8 Å². The van der Waals surface area contributed by atoms with Crippen molar-refractivity contribution in [2.75, 3.05) is 31.9 Å². The van der Waals surface area contributed by atoms with Crippen molar-refractivity contribution >= 4 is 11.9 Å². The number of anilines is 2. The zero-order chi connectivity index (χ0) is 12.0. The highest BCUT2D eigenvalue weighted by molar-refractivity contribution is 5.33. The molecule has 1 rings (SSSR count). The van der Waals surface area contributed by atoms with Crippen molar-refractivity contribution in [2.24, 2.45) is 0 Å². The van der Waals surface area contributed by atoms with Crippen molar-refractivity contribution in [2.45, 2.75) is 19.4 Å². The summed E-state index contributed by atoms with van der Waals surface area (Å²) in [5.74, 6) is 0.543. The Balaban J connectivity index is 2.61. The molecule has 3 N–H and O–H groups in total. The number of nitrogen functional groups attached to an aromatic ring is 1. The van der Waals surface area contributed by atoms with E-state index in [4.69, 9.17) is 15.2 Å². The molecule has 1 heterocycles. The molecule has 0 aliphatic rings. The molecule has 7 heteroatoms. The van der Waals surface area contributed by atoms with E-state index in [-0.39, 0.29) is 18.0 Å². The molecule has 0 saturated heterocycles. The minimum atomic E-state index is 0.133. The van der Waals surface area contributed by atoms with Crippen molar-refractivity contribution in [3.63, 3.8) is 0 Å². The van der Waals surface area contributed by atoms with Crippen LogP contribution in [0.15, 0.2) is 0 Å². The van der Waals surface area contributed by atoms with E-state index in [0.717, 1.165) is 6.42 Å². The average Bonchev–Trinajstić information content (AvgIpc) is 2.25. The second-order valence-electron chi connectivity index (χ2n) is 3.33. The van der Waals surface area contributed by atoms with Gasteiger partial charge in [-0.1, -0.05) is 0 Å². The molecule has 0 radical (unpaired) electrons. The average molecular weight is 227 g/mol. The lowest BCUT2D eigenvalue weighted by molar-refractivity contribution is 0.191. The number of nitrogens with zero attached hydrogens (tertiary/aromatic N) is 3. The lowest BCUT2D eigenvalue weighted by atomic mass is 10.2. The number of aromatic nitrogens is 3. The molecule has 1 aromatic rings. The second kappa shape index (κ2) is 6.06. The number of rotatable bonds is 6. The van der Waals surface area contributed by atoms with E-state index in [9.17, 15) is 0 Å². The van der Waals surface area contributed by atoms with Gasteiger partial charge in [0.1, 0.15) is 0 Å². The van der Waals surface area contributed by atoms with E-state index >= 15 is 0 Å². The SMILES string of the molecule is COCCC(C)Nc1nc(N)nc(OC)n1. The molecule has 0 amide bonds. The standard InChI is InChI=1S/C9H17N5O2/c1-6(4-5-15-2)11-8-12-7(10)13-9(14-8)16-3/h6H,4-5H2,1-3H3,(H3,10,11,12,13,14). The Morgan fingerprint density at radius 3 is 2.69 bits per heavy atom. The molecular weight excluding hydrogens is 210 g/mol. The van der Waals surface area contributed by atoms with Gasteiger partial charge in [-0.25, -0.2) is 0 Å². The molecule has 1 aromatic heterocycles. The van der Waals surface area contributed by atoms with E-state index in [0.29, 0.717) is 12.6 Å². The van der Waals surface area contributed by atoms with Gasteiger partial charge in [0.25, 0.3) is 0 Å². The molecule has 0 saturated carbocycles. The molecule has 0 aliphatic heterocycles. The molecular formula is C9H17N5O2. The number of methoxy groups -OCH3 is 2. The first-order chi connectivity index (χ1) is 7.65. The van der Waals surface area contributed by atoms with E-state index in [1.54, 1.807) is 7.11 Å². The number of nitrogens with two attached hydrogens (primary N) is 1. The number of ether oxygens (including phenoxy) is 2. The molecule has 0 aliphatic carbocycles. The van der Waals surface area contributed by atoms with Crippen LogP contribution in [0.4, 0.5) is 11.9 Å². The van der Waals surface area contributed by atoms with Gasteiger partial charge < -0.3 is 20.5 Å². The van der Waals surface area contributed by atoms with Crippen LogP contribution in [-0.2, 0) is 4.74 Å². The van der Waals surface area contributed by atoms with Crippen molar-refractivity contribution in [3.8, 4) is 6.01 Å². The summed E-state index contributed by atoms with van der Waals surface area (Å²) in [5.41, 5.74) is 5.50. The third-order valence-electron chi connectivity index (χ3n) is 1.95. The predicted octanol–water partition coefficient (Wildman–Crippen LogP) is 0.299. The van der Waals surface area contributed by atoms with Crippen LogP contribution >= 0.6 is 0 Å². The fraction of sp³-hybridized carbons (Fsp3) is 0.667. The van der Waals surface area contributed by atoms with Gasteiger partial charge in [0, 0.05) is 19.8 Å². The van der Waals surface area contributed by atoms with Crippen molar-refractivity contribution in [1.29, 1.82) is 0 Å². The zero-order valence-corrected chi connectivity index (χ0v) is 9.73. The van der Waals surface area contributed by atoms with E-state index in [1.165, 1.54) is 7.11 Å². The molecule has 0 aromatic carbocycles. The molecule has 16 heavy (non-hydrogen) atoms. The fourth-order valence-corrected chi connectivity index (χ4v) is 1.12. The Morgan fingerprint density at radius 2 is 2.06 bits per heavy atom. The topological polar surface area (TPSA) is 95.2 Å². The first kappa shape index (κ1) is 12.4. The third kappa shape index (κ3) is 3.85. The molecule has 90 valence electrons. The van der Waals surface area contributed by atoms with Gasteiger partial charge in [-0.05, 0) is 13.3 Å². The minimum Gasteiger partial charge on any atom is -0.467 e. The number of hydrogen-bond donors (Lipinski definition) is 2. The molecule has 0 bridgehead atoms. The normalized spacial score (nSPS) is 12.2. The highest BCUT2D eigenvalue weighted by Gasteiger charge is 2.07. The van der Waals surface area contributed by atoms with E-state index in [1.807, 2.05) is 6.92 Å². The van der Waals surface area contributed by atoms with Crippen molar-refractivity contribution < 1.29 is 9.47 Å². The lowest BCUT2D eigenvalue weighted by Gasteiger charge is -2.13. The Bertz CT molecular complexity index is 334. The summed E-state index contributed by atoms with van der Waals surface area (Å²) < 4.78 is 9.87. The highest BCUT2D eigenvalue weighted by atomic mass is 16.5. The van der Waals surface area contributed by atoms with Crippen LogP contribution in [0.5, 0.6) is 6.01 Å². The fourth-order valence-electron chi connectivity index (χ4n) is 1.12. The maximum atomic E-state index is 5.50. The van der Waals surface area contributed by atoms with Gasteiger partial charge >= 0.3 is 6.01 Å². The van der Waals surface area contributed by atoms with E-state index < -0.39 is 0 Å². The summed E-state index contributed by atoms with van der Waals surface area (Å²) in [5, 5.41) is 3.09. The second-order valence-corrected chi connectivity index (χ2v) is 3.33. The lowest BCUT2D eigenvalue weighted by Crippen LogP contribution is -2.19. The minimum absolute atomic E-state index is 0.133. The van der Waals surface area contributed by atoms with Crippen LogP contribution < -0.4 is 15.8 Å². The van der Waals surface area contributed by atoms with Gasteiger partial charge in [-0.2, -0.15) is 15.0 Å². The molecule has 0 fully saturated rings. The highest BCUT2D eigenvalue weighted by Crippen LogP contribution is 2.09. The monoisotopic (exact) mass is 227 g/mol. The van der Waals surface area contributed by atoms with Crippen LogP contribution in [0.1, 0.15) is 13.3 Å². The van der Waals surface area contributed by atoms with E-state index in [2.05, 4.69) is 20.3 Å². The quantitative estimate of drug-likeness (QED) is 0.721. The van der Waals surface area contributed by atoms with Crippen molar-refractivity contribution in [1.82, 2.24) is 15.0 Å². The Morgan fingerprint density at radius 1 is 1.31 bits per heavy atom. The smallest absolute Gasteiger partial charge is 0.322 e. The summed E-state index contributed by atoms with van der Waals surface area (Å²) in [7, 11) is 3.14. The maximum absolute atomic E-state index is 5.50. The Labute approximate surface area is 94.4 Å².